The molecule has 1 atom stereocenters. The average molecular weight is 299 g/mol. The van der Waals surface area contributed by atoms with Crippen molar-refractivity contribution in [2.24, 2.45) is 5.92 Å². The van der Waals surface area contributed by atoms with Gasteiger partial charge in [0.25, 0.3) is 0 Å². The van der Waals surface area contributed by atoms with Crippen molar-refractivity contribution in [2.75, 3.05) is 37.7 Å². The van der Waals surface area contributed by atoms with E-state index >= 15 is 0 Å². The smallest absolute Gasteiger partial charge is 0.140 e. The zero-order valence-electron chi connectivity index (χ0n) is 10.3. The highest BCUT2D eigenvalue weighted by Crippen LogP contribution is 2.28. The molecule has 0 saturated carbocycles. The van der Waals surface area contributed by atoms with E-state index in [0.717, 1.165) is 28.1 Å². The number of aromatic nitrogens is 1. The summed E-state index contributed by atoms with van der Waals surface area (Å²) < 4.78 is 0.976. The molecule has 0 aliphatic carbocycles. The number of nitrogen functional groups attached to an aromatic ring is 1. The molecule has 1 unspecified atom stereocenters. The van der Waals surface area contributed by atoms with Crippen LogP contribution in [-0.4, -0.2) is 36.6 Å². The van der Waals surface area contributed by atoms with Crippen LogP contribution in [0.3, 0.4) is 0 Å². The largest absolute Gasteiger partial charge is 0.397 e. The molecule has 4 nitrogen and oxygen atoms in total. The topological polar surface area (TPSA) is 54.2 Å². The van der Waals surface area contributed by atoms with Crippen molar-refractivity contribution in [1.29, 1.82) is 0 Å². The Bertz CT molecular complexity index is 408. The van der Waals surface area contributed by atoms with Crippen molar-refractivity contribution in [2.45, 2.75) is 13.3 Å². The molecule has 2 heterocycles. The van der Waals surface area contributed by atoms with E-state index in [-0.39, 0.29) is 0 Å². The third-order valence-electron chi connectivity index (χ3n) is 3.35. The molecule has 0 radical (unpaired) electrons. The molecule has 0 bridgehead atoms. The van der Waals surface area contributed by atoms with Gasteiger partial charge < -0.3 is 16.0 Å². The van der Waals surface area contributed by atoms with Crippen molar-refractivity contribution in [1.82, 2.24) is 9.88 Å². The van der Waals surface area contributed by atoms with Gasteiger partial charge in [0, 0.05) is 13.1 Å². The lowest BCUT2D eigenvalue weighted by Crippen LogP contribution is -2.19. The molecule has 2 rings (SSSR count). The predicted octanol–water partition coefficient (Wildman–Crippen LogP) is 2.10. The van der Waals surface area contributed by atoms with Gasteiger partial charge in [-0.2, -0.15) is 0 Å². The summed E-state index contributed by atoms with van der Waals surface area (Å²) in [6.07, 6.45) is 2.97. The van der Waals surface area contributed by atoms with Gasteiger partial charge in [-0.15, -0.1) is 0 Å². The zero-order valence-corrected chi connectivity index (χ0v) is 11.9. The number of hydrogen-bond acceptors (Lipinski definition) is 4. The number of likely N-dealkylation sites (tertiary alicyclic amines) is 1. The van der Waals surface area contributed by atoms with E-state index in [4.69, 9.17) is 5.73 Å². The Morgan fingerprint density at radius 1 is 1.65 bits per heavy atom. The van der Waals surface area contributed by atoms with Crippen LogP contribution < -0.4 is 11.1 Å². The van der Waals surface area contributed by atoms with Gasteiger partial charge in [0.15, 0.2) is 0 Å². The van der Waals surface area contributed by atoms with Crippen LogP contribution in [0.5, 0.6) is 0 Å². The first-order valence-electron chi connectivity index (χ1n) is 5.91. The molecule has 0 aromatic carbocycles. The second-order valence-corrected chi connectivity index (χ2v) is 5.59. The third-order valence-corrected chi connectivity index (χ3v) is 4.32. The summed E-state index contributed by atoms with van der Waals surface area (Å²) in [5, 5.41) is 3.40. The van der Waals surface area contributed by atoms with Crippen molar-refractivity contribution >= 4 is 27.4 Å². The molecule has 0 amide bonds. The molecule has 1 saturated heterocycles. The minimum atomic E-state index is 0.714. The van der Waals surface area contributed by atoms with E-state index in [0.29, 0.717) is 5.92 Å². The third kappa shape index (κ3) is 2.90. The molecule has 17 heavy (non-hydrogen) atoms. The molecule has 0 spiro atoms. The molecule has 1 aliphatic heterocycles. The second kappa shape index (κ2) is 5.23. The van der Waals surface area contributed by atoms with E-state index in [1.165, 1.54) is 19.5 Å². The fourth-order valence-corrected chi connectivity index (χ4v) is 2.62. The van der Waals surface area contributed by atoms with Crippen LogP contribution in [0.15, 0.2) is 10.7 Å². The highest BCUT2D eigenvalue weighted by molar-refractivity contribution is 9.10. The zero-order chi connectivity index (χ0) is 12.4. The highest BCUT2D eigenvalue weighted by atomic mass is 79.9. The lowest BCUT2D eigenvalue weighted by atomic mass is 10.1. The van der Waals surface area contributed by atoms with Gasteiger partial charge in [0.2, 0.25) is 0 Å². The summed E-state index contributed by atoms with van der Waals surface area (Å²) in [7, 11) is 2.17. The minimum Gasteiger partial charge on any atom is -0.397 e. The van der Waals surface area contributed by atoms with Crippen LogP contribution in [0.2, 0.25) is 0 Å². The fraction of sp³-hybridized carbons (Fsp3) is 0.583. The normalized spacial score (nSPS) is 20.8. The lowest BCUT2D eigenvalue weighted by Gasteiger charge is -2.14. The summed E-state index contributed by atoms with van der Waals surface area (Å²) in [6.45, 7) is 5.33. The maximum Gasteiger partial charge on any atom is 0.140 e. The number of nitrogens with one attached hydrogen (secondary N) is 1. The first-order valence-corrected chi connectivity index (χ1v) is 6.70. The SMILES string of the molecule is Cc1c(N)cnc(NCC2CCN(C)C2)c1Br. The monoisotopic (exact) mass is 298 g/mol. The van der Waals surface area contributed by atoms with Gasteiger partial charge in [0.05, 0.1) is 16.4 Å². The van der Waals surface area contributed by atoms with Gasteiger partial charge in [0.1, 0.15) is 5.82 Å². The maximum atomic E-state index is 5.80. The number of halogens is 1. The van der Waals surface area contributed by atoms with Gasteiger partial charge in [-0.3, -0.25) is 0 Å². The summed E-state index contributed by atoms with van der Waals surface area (Å²) in [4.78, 5) is 6.69. The van der Waals surface area contributed by atoms with Crippen LogP contribution in [0.4, 0.5) is 11.5 Å². The van der Waals surface area contributed by atoms with Crippen LogP contribution in [0.1, 0.15) is 12.0 Å². The Hall–Kier alpha value is -0.810. The molecule has 1 aliphatic rings. The van der Waals surface area contributed by atoms with Crippen LogP contribution in [0, 0.1) is 12.8 Å². The molecule has 1 aromatic heterocycles. The van der Waals surface area contributed by atoms with Gasteiger partial charge >= 0.3 is 0 Å². The number of pyridine rings is 1. The summed E-state index contributed by atoms with van der Waals surface area (Å²) in [6, 6.07) is 0. The van der Waals surface area contributed by atoms with Crippen molar-refractivity contribution < 1.29 is 0 Å². The number of rotatable bonds is 3. The lowest BCUT2D eigenvalue weighted by molar-refractivity contribution is 0.399. The Balaban J connectivity index is 1.97. The summed E-state index contributed by atoms with van der Waals surface area (Å²) >= 11 is 3.54. The van der Waals surface area contributed by atoms with E-state index in [2.05, 4.69) is 38.2 Å². The average Bonchev–Trinajstić information content (AvgIpc) is 2.71. The number of anilines is 2. The van der Waals surface area contributed by atoms with Gasteiger partial charge in [-0.1, -0.05) is 0 Å². The Labute approximate surface area is 111 Å². The fourth-order valence-electron chi connectivity index (χ4n) is 2.15. The first kappa shape index (κ1) is 12.6. The second-order valence-electron chi connectivity index (χ2n) is 4.80. The van der Waals surface area contributed by atoms with E-state index in [1.54, 1.807) is 6.20 Å². The van der Waals surface area contributed by atoms with Crippen molar-refractivity contribution in [3.63, 3.8) is 0 Å². The quantitative estimate of drug-likeness (QED) is 0.897. The molecule has 1 aromatic rings. The number of nitrogens with two attached hydrogens (primary N) is 1. The summed E-state index contributed by atoms with van der Waals surface area (Å²) in [5.74, 6) is 1.61. The van der Waals surface area contributed by atoms with E-state index in [9.17, 15) is 0 Å². The van der Waals surface area contributed by atoms with Crippen LogP contribution in [0.25, 0.3) is 0 Å². The Morgan fingerprint density at radius 2 is 2.41 bits per heavy atom. The van der Waals surface area contributed by atoms with E-state index < -0.39 is 0 Å². The molecular weight excluding hydrogens is 280 g/mol. The predicted molar refractivity (Wildman–Crippen MR) is 75.2 cm³/mol. The maximum absolute atomic E-state index is 5.80. The molecule has 94 valence electrons. The van der Waals surface area contributed by atoms with Gasteiger partial charge in [-0.25, -0.2) is 4.98 Å². The molecule has 1 fully saturated rings. The molecule has 3 N–H and O–H groups in total. The van der Waals surface area contributed by atoms with Crippen LogP contribution >= 0.6 is 15.9 Å². The summed E-state index contributed by atoms with van der Waals surface area (Å²) in [5.41, 5.74) is 7.57. The minimum absolute atomic E-state index is 0.714. The first-order chi connectivity index (χ1) is 8.08. The number of hydrogen-bond donors (Lipinski definition) is 2. The van der Waals surface area contributed by atoms with Crippen LogP contribution in [-0.2, 0) is 0 Å². The highest BCUT2D eigenvalue weighted by Gasteiger charge is 2.19. The molecule has 5 heteroatoms. The van der Waals surface area contributed by atoms with E-state index in [1.807, 2.05) is 6.92 Å². The Kier molecular flexibility index (Phi) is 3.89. The van der Waals surface area contributed by atoms with Crippen molar-refractivity contribution in [3.05, 3.63) is 16.2 Å². The molecular formula is C12H19BrN4. The van der Waals surface area contributed by atoms with Gasteiger partial charge in [-0.05, 0) is 54.3 Å². The van der Waals surface area contributed by atoms with Crippen molar-refractivity contribution in [3.8, 4) is 0 Å². The standard InChI is InChI=1S/C12H19BrN4/c1-8-10(14)6-16-12(11(8)13)15-5-9-3-4-17(2)7-9/h6,9H,3-5,7,14H2,1-2H3,(H,15,16). The Morgan fingerprint density at radius 3 is 3.06 bits per heavy atom. The number of nitrogens with zero attached hydrogens (tertiary/aromatic N) is 2.